The van der Waals surface area contributed by atoms with Crippen LogP contribution in [0.3, 0.4) is 0 Å². The number of amides is 8. The molecule has 8 atom stereocenters. The van der Waals surface area contributed by atoms with Crippen molar-refractivity contribution >= 4 is 47.3 Å². The van der Waals surface area contributed by atoms with Crippen LogP contribution in [0.15, 0.2) is 97.1 Å². The first-order chi connectivity index (χ1) is 37.7. The van der Waals surface area contributed by atoms with Crippen LogP contribution in [0, 0.1) is 0 Å². The summed E-state index contributed by atoms with van der Waals surface area (Å²) < 4.78 is 0. The number of benzene rings is 4. The average molecular weight is 1070 g/mol. The average Bonchev–Trinajstić information content (AvgIpc) is 4.20. The number of likely N-dealkylation sites (N-methyl/N-ethyl adjacent to an activating group) is 2. The number of aryl methyl sites for hydroxylation is 2. The number of nitrogens with one attached hydrogen (secondary N) is 8. The summed E-state index contributed by atoms with van der Waals surface area (Å²) in [4.78, 5) is 112. The van der Waals surface area contributed by atoms with E-state index in [2.05, 4.69) is 54.7 Å². The van der Waals surface area contributed by atoms with E-state index in [0.29, 0.717) is 49.9 Å². The van der Waals surface area contributed by atoms with E-state index in [1.54, 1.807) is 86.3 Å². The van der Waals surface area contributed by atoms with Crippen molar-refractivity contribution in [3.63, 3.8) is 0 Å². The van der Waals surface area contributed by atoms with Crippen molar-refractivity contribution in [1.29, 1.82) is 0 Å². The van der Waals surface area contributed by atoms with Crippen LogP contribution >= 0.6 is 0 Å². The summed E-state index contributed by atoms with van der Waals surface area (Å²) in [6, 6.07) is 25.4. The lowest BCUT2D eigenvalue weighted by molar-refractivity contribution is -0.142. The molecule has 0 unspecified atom stereocenters. The first-order valence-corrected chi connectivity index (χ1v) is 27.8. The Morgan fingerprint density at radius 2 is 0.885 bits per heavy atom. The summed E-state index contributed by atoms with van der Waals surface area (Å²) in [5.74, 6) is -2.63. The Morgan fingerprint density at radius 3 is 1.27 bits per heavy atom. The molecular weight excluding hydrogens is 989 g/mol. The molecule has 4 aromatic carbocycles. The van der Waals surface area contributed by atoms with Gasteiger partial charge in [0.25, 0.3) is 11.8 Å². The van der Waals surface area contributed by atoms with Crippen molar-refractivity contribution in [2.24, 2.45) is 0 Å². The predicted molar refractivity (Wildman–Crippen MR) is 297 cm³/mol. The second-order valence-corrected chi connectivity index (χ2v) is 21.1. The summed E-state index contributed by atoms with van der Waals surface area (Å²) in [6.45, 7) is 4.29. The molecule has 0 spiro atoms. The molecule has 0 radical (unpaired) electrons. The predicted octanol–water partition coefficient (Wildman–Crippen LogP) is 4.15. The van der Waals surface area contributed by atoms with Gasteiger partial charge in [-0.15, -0.1) is 0 Å². The molecule has 414 valence electrons. The molecular formula is C60H76N10O8. The highest BCUT2D eigenvalue weighted by Crippen LogP contribution is 2.32. The zero-order valence-electron chi connectivity index (χ0n) is 45.3. The monoisotopic (exact) mass is 1060 g/mol. The molecule has 8 amide bonds. The van der Waals surface area contributed by atoms with Gasteiger partial charge in [-0.3, -0.25) is 38.4 Å². The van der Waals surface area contributed by atoms with Gasteiger partial charge >= 0.3 is 0 Å². The Bertz CT molecular complexity index is 2620. The van der Waals surface area contributed by atoms with Crippen molar-refractivity contribution in [2.45, 2.75) is 139 Å². The molecule has 8 N–H and O–H groups in total. The van der Waals surface area contributed by atoms with Gasteiger partial charge < -0.3 is 52.3 Å². The van der Waals surface area contributed by atoms with Crippen molar-refractivity contribution in [1.82, 2.24) is 52.3 Å². The molecule has 4 aliphatic rings. The normalized spacial score (nSPS) is 20.2. The van der Waals surface area contributed by atoms with Gasteiger partial charge in [0.05, 0.1) is 24.2 Å². The lowest BCUT2D eigenvalue weighted by Gasteiger charge is -2.32. The van der Waals surface area contributed by atoms with Gasteiger partial charge in [0.1, 0.15) is 24.2 Å². The number of carbonyl (C=O) groups is 8. The van der Waals surface area contributed by atoms with Gasteiger partial charge in [-0.1, -0.05) is 72.8 Å². The highest BCUT2D eigenvalue weighted by atomic mass is 16.2. The maximum Gasteiger partial charge on any atom is 0.251 e. The summed E-state index contributed by atoms with van der Waals surface area (Å²) in [6.07, 6.45) is 8.01. The standard InChI is InChI=1S/C60H76N10O8/c1-37(61-3)53(71)67-49(59(77)69-35-11-21-51(69)57(75)65-47-19-9-15-41-13-5-7-17-45(41)47)31-33-63-55(73)43-27-23-39(24-28-43)40-25-29-44(30-26-40)56(74)64-34-32-50(68-54(72)38(2)62-4)60(78)70-36-12-22-52(70)58(76)66-48-20-10-16-42-14-6-8-18-46(42)48/h5-8,13-14,17-18,23-30,37-38,47-52,61-62H,9-12,15-16,19-22,31-36H2,1-4H3,(H,63,73)(H,64,74)(H,65,75)(H,66,76)(H,67,71)(H,68,72)/t37-,38-,47+,48+,49-,50-,51-,52-/m0/s1. The summed E-state index contributed by atoms with van der Waals surface area (Å²) in [5.41, 5.74) is 7.03. The fourth-order valence-corrected chi connectivity index (χ4v) is 11.2. The number of likely N-dealkylation sites (tertiary alicyclic amines) is 2. The second kappa shape index (κ2) is 26.7. The second-order valence-electron chi connectivity index (χ2n) is 21.1. The van der Waals surface area contributed by atoms with Crippen LogP contribution in [0.25, 0.3) is 11.1 Å². The van der Waals surface area contributed by atoms with Crippen molar-refractivity contribution in [3.8, 4) is 11.1 Å². The minimum Gasteiger partial charge on any atom is -0.352 e. The molecule has 0 saturated carbocycles. The van der Waals surface area contributed by atoms with Crippen LogP contribution in [0.2, 0.25) is 0 Å². The third-order valence-corrected chi connectivity index (χ3v) is 16.0. The summed E-state index contributed by atoms with van der Waals surface area (Å²) in [7, 11) is 3.30. The zero-order chi connectivity index (χ0) is 55.3. The number of rotatable bonds is 21. The van der Waals surface area contributed by atoms with Crippen LogP contribution in [-0.2, 0) is 41.6 Å². The molecule has 18 heteroatoms. The first-order valence-electron chi connectivity index (χ1n) is 27.8. The van der Waals surface area contributed by atoms with E-state index < -0.39 is 36.3 Å². The van der Waals surface area contributed by atoms with Crippen molar-refractivity contribution in [3.05, 3.63) is 130 Å². The summed E-state index contributed by atoms with van der Waals surface area (Å²) >= 11 is 0. The zero-order valence-corrected chi connectivity index (χ0v) is 45.3. The van der Waals surface area contributed by atoms with Crippen molar-refractivity contribution < 1.29 is 38.4 Å². The van der Waals surface area contributed by atoms with Gasteiger partial charge in [0.2, 0.25) is 35.4 Å². The van der Waals surface area contributed by atoms with E-state index in [-0.39, 0.29) is 85.3 Å². The first kappa shape index (κ1) is 56.8. The lowest BCUT2D eigenvalue weighted by Crippen LogP contribution is -2.56. The van der Waals surface area contributed by atoms with Gasteiger partial charge in [0, 0.05) is 37.3 Å². The van der Waals surface area contributed by atoms with Crippen molar-refractivity contribution in [2.75, 3.05) is 40.3 Å². The topological polar surface area (TPSA) is 239 Å². The number of nitrogens with zero attached hydrogens (tertiary/aromatic N) is 2. The Kier molecular flexibility index (Phi) is 19.5. The fourth-order valence-electron chi connectivity index (χ4n) is 11.2. The third-order valence-electron chi connectivity index (χ3n) is 16.0. The minimum absolute atomic E-state index is 0.0770. The molecule has 2 aliphatic carbocycles. The molecule has 8 rings (SSSR count). The maximum atomic E-state index is 14.2. The number of hydrogen-bond donors (Lipinski definition) is 8. The number of hydrogen-bond acceptors (Lipinski definition) is 10. The van der Waals surface area contributed by atoms with E-state index in [1.807, 2.05) is 36.4 Å². The lowest BCUT2D eigenvalue weighted by atomic mass is 9.87. The highest BCUT2D eigenvalue weighted by Gasteiger charge is 2.41. The fraction of sp³-hybridized carbons (Fsp3) is 0.467. The number of fused-ring (bicyclic) bond motifs is 2. The van der Waals surface area contributed by atoms with E-state index in [9.17, 15) is 38.4 Å². The molecule has 18 nitrogen and oxygen atoms in total. The van der Waals surface area contributed by atoms with Crippen LogP contribution in [-0.4, -0.2) is 134 Å². The molecule has 2 heterocycles. The SMILES string of the molecule is CN[C@@H](C)C(=O)N[C@@H](CCNC(=O)c1ccc(-c2ccc(C(=O)NCC[C@H](NC(=O)[C@H](C)NC)C(=O)N3CCC[C@H]3C(=O)N[C@@H]3CCCc4ccccc43)cc2)cc1)C(=O)N1CCC[C@H]1C(=O)N[C@@H]1CCCc2ccccc21. The van der Waals surface area contributed by atoms with Gasteiger partial charge in [-0.25, -0.2) is 0 Å². The van der Waals surface area contributed by atoms with Gasteiger partial charge in [0.15, 0.2) is 0 Å². The molecule has 2 fully saturated rings. The summed E-state index contributed by atoms with van der Waals surface area (Å²) in [5, 5.41) is 23.7. The molecule has 78 heavy (non-hydrogen) atoms. The van der Waals surface area contributed by atoms with E-state index in [0.717, 1.165) is 60.8 Å². The Balaban J connectivity index is 0.830. The molecule has 2 saturated heterocycles. The van der Waals surface area contributed by atoms with E-state index in [1.165, 1.54) is 11.1 Å². The van der Waals surface area contributed by atoms with Gasteiger partial charge in [-0.05, 0) is 163 Å². The Morgan fingerprint density at radius 1 is 0.500 bits per heavy atom. The number of carbonyl (C=O) groups excluding carboxylic acids is 8. The van der Waals surface area contributed by atoms with Crippen LogP contribution < -0.4 is 42.5 Å². The highest BCUT2D eigenvalue weighted by molar-refractivity contribution is 5.97. The minimum atomic E-state index is -0.981. The largest absolute Gasteiger partial charge is 0.352 e. The van der Waals surface area contributed by atoms with E-state index >= 15 is 0 Å². The van der Waals surface area contributed by atoms with Gasteiger partial charge in [-0.2, -0.15) is 0 Å². The Labute approximate surface area is 457 Å². The Hall–Kier alpha value is -7.44. The quantitative estimate of drug-likeness (QED) is 0.0594. The molecule has 4 aromatic rings. The van der Waals surface area contributed by atoms with Crippen LogP contribution in [0.1, 0.15) is 133 Å². The van der Waals surface area contributed by atoms with Crippen LogP contribution in [0.5, 0.6) is 0 Å². The molecule has 2 aliphatic heterocycles. The maximum absolute atomic E-state index is 14.2. The van der Waals surface area contributed by atoms with E-state index in [4.69, 9.17) is 0 Å². The molecule has 0 aromatic heterocycles. The third kappa shape index (κ3) is 13.8. The smallest absolute Gasteiger partial charge is 0.251 e. The van der Waals surface area contributed by atoms with Crippen LogP contribution in [0.4, 0.5) is 0 Å². The molecule has 0 bridgehead atoms.